The van der Waals surface area contributed by atoms with Crippen molar-refractivity contribution >= 4 is 5.91 Å². The van der Waals surface area contributed by atoms with Gasteiger partial charge in [-0.15, -0.1) is 0 Å². The number of halogens is 2. The standard InChI is InChI=1S/C16H19F2NO/c1-9-5-6-11(15(20)19-9)12-7-10(16(2,3)4)8-13(17)14(12)18/h7-8,11H,1,5-6H2,2-4H3,(H,19,20). The molecule has 1 heterocycles. The molecule has 1 aliphatic heterocycles. The van der Waals surface area contributed by atoms with E-state index in [1.165, 1.54) is 6.07 Å². The second-order valence-corrected chi connectivity index (χ2v) is 6.30. The summed E-state index contributed by atoms with van der Waals surface area (Å²) in [6.07, 6.45) is 1.03. The Bertz CT molecular complexity index is 573. The first-order valence-electron chi connectivity index (χ1n) is 6.68. The molecule has 1 fully saturated rings. The highest BCUT2D eigenvalue weighted by Crippen LogP contribution is 2.33. The molecule has 1 aromatic carbocycles. The number of rotatable bonds is 1. The molecule has 1 saturated heterocycles. The van der Waals surface area contributed by atoms with Crippen molar-refractivity contribution in [3.63, 3.8) is 0 Å². The largest absolute Gasteiger partial charge is 0.330 e. The van der Waals surface area contributed by atoms with Gasteiger partial charge in [0.15, 0.2) is 11.6 Å². The van der Waals surface area contributed by atoms with Crippen LogP contribution in [0.5, 0.6) is 0 Å². The average Bonchev–Trinajstić information content (AvgIpc) is 2.32. The lowest BCUT2D eigenvalue weighted by atomic mass is 9.82. The van der Waals surface area contributed by atoms with Gasteiger partial charge >= 0.3 is 0 Å². The van der Waals surface area contributed by atoms with E-state index in [4.69, 9.17) is 0 Å². The average molecular weight is 279 g/mol. The van der Waals surface area contributed by atoms with Crippen LogP contribution in [0.15, 0.2) is 24.4 Å². The summed E-state index contributed by atoms with van der Waals surface area (Å²) in [4.78, 5) is 12.0. The first-order chi connectivity index (χ1) is 9.20. The Balaban J connectivity index is 2.48. The van der Waals surface area contributed by atoms with Crippen molar-refractivity contribution in [3.8, 4) is 0 Å². The predicted molar refractivity (Wildman–Crippen MR) is 74.3 cm³/mol. The van der Waals surface area contributed by atoms with Crippen LogP contribution in [-0.4, -0.2) is 5.91 Å². The lowest BCUT2D eigenvalue weighted by Gasteiger charge is -2.26. The summed E-state index contributed by atoms with van der Waals surface area (Å²) in [5.74, 6) is -2.79. The molecule has 0 saturated carbocycles. The van der Waals surface area contributed by atoms with Crippen molar-refractivity contribution in [3.05, 3.63) is 47.2 Å². The van der Waals surface area contributed by atoms with Gasteiger partial charge in [-0.25, -0.2) is 8.78 Å². The molecule has 0 spiro atoms. The van der Waals surface area contributed by atoms with Crippen molar-refractivity contribution in [1.82, 2.24) is 5.32 Å². The second-order valence-electron chi connectivity index (χ2n) is 6.30. The third-order valence-corrected chi connectivity index (χ3v) is 3.65. The highest BCUT2D eigenvalue weighted by molar-refractivity contribution is 5.86. The van der Waals surface area contributed by atoms with E-state index in [0.717, 1.165) is 0 Å². The molecule has 0 aliphatic carbocycles. The number of hydrogen-bond acceptors (Lipinski definition) is 1. The van der Waals surface area contributed by atoms with Gasteiger partial charge < -0.3 is 5.32 Å². The van der Waals surface area contributed by atoms with Gasteiger partial charge in [0.2, 0.25) is 5.91 Å². The molecule has 1 amide bonds. The van der Waals surface area contributed by atoms with Crippen LogP contribution in [0.3, 0.4) is 0 Å². The van der Waals surface area contributed by atoms with E-state index in [1.54, 1.807) is 6.07 Å². The van der Waals surface area contributed by atoms with Gasteiger partial charge in [0.25, 0.3) is 0 Å². The van der Waals surface area contributed by atoms with E-state index in [0.29, 0.717) is 24.1 Å². The number of hydrogen-bond donors (Lipinski definition) is 1. The number of nitrogens with one attached hydrogen (secondary N) is 1. The lowest BCUT2D eigenvalue weighted by Crippen LogP contribution is -2.34. The molecule has 1 aromatic rings. The third kappa shape index (κ3) is 2.74. The molecule has 2 rings (SSSR count). The molecule has 20 heavy (non-hydrogen) atoms. The van der Waals surface area contributed by atoms with Gasteiger partial charge in [-0.05, 0) is 29.9 Å². The van der Waals surface area contributed by atoms with Gasteiger partial charge in [0, 0.05) is 11.3 Å². The fourth-order valence-electron chi connectivity index (χ4n) is 2.37. The van der Waals surface area contributed by atoms with Crippen LogP contribution < -0.4 is 5.32 Å². The SMILES string of the molecule is C=C1CCC(c2cc(C(C)(C)C)cc(F)c2F)C(=O)N1. The van der Waals surface area contributed by atoms with Crippen LogP contribution in [-0.2, 0) is 10.2 Å². The number of carbonyl (C=O) groups excluding carboxylic acids is 1. The zero-order chi connectivity index (χ0) is 15.1. The summed E-state index contributed by atoms with van der Waals surface area (Å²) in [7, 11) is 0. The fourth-order valence-corrected chi connectivity index (χ4v) is 2.37. The quantitative estimate of drug-likeness (QED) is 0.833. The van der Waals surface area contributed by atoms with Crippen molar-refractivity contribution in [2.75, 3.05) is 0 Å². The summed E-state index contributed by atoms with van der Waals surface area (Å²) in [6, 6.07) is 2.81. The molecule has 4 heteroatoms. The Hall–Kier alpha value is -1.71. The van der Waals surface area contributed by atoms with Crippen LogP contribution in [0.1, 0.15) is 50.7 Å². The normalized spacial score (nSPS) is 19.9. The third-order valence-electron chi connectivity index (χ3n) is 3.65. The van der Waals surface area contributed by atoms with Gasteiger partial charge in [-0.2, -0.15) is 0 Å². The Labute approximate surface area is 117 Å². The number of benzene rings is 1. The number of carbonyl (C=O) groups is 1. The highest BCUT2D eigenvalue weighted by atomic mass is 19.2. The molecule has 1 aliphatic rings. The molecular weight excluding hydrogens is 260 g/mol. The van der Waals surface area contributed by atoms with Crippen LogP contribution in [0, 0.1) is 11.6 Å². The first kappa shape index (κ1) is 14.7. The van der Waals surface area contributed by atoms with E-state index in [1.807, 2.05) is 20.8 Å². The molecule has 1 unspecified atom stereocenters. The maximum absolute atomic E-state index is 14.0. The highest BCUT2D eigenvalue weighted by Gasteiger charge is 2.30. The van der Waals surface area contributed by atoms with Gasteiger partial charge in [0.05, 0.1) is 5.92 Å². The minimum Gasteiger partial charge on any atom is -0.330 e. The summed E-state index contributed by atoms with van der Waals surface area (Å²) < 4.78 is 27.9. The minimum atomic E-state index is -0.925. The van der Waals surface area contributed by atoms with Gasteiger partial charge in [0.1, 0.15) is 0 Å². The second kappa shape index (κ2) is 5.00. The Morgan fingerprint density at radius 2 is 1.95 bits per heavy atom. The molecule has 0 radical (unpaired) electrons. The fraction of sp³-hybridized carbons (Fsp3) is 0.438. The lowest BCUT2D eigenvalue weighted by molar-refractivity contribution is -0.122. The summed E-state index contributed by atoms with van der Waals surface area (Å²) in [6.45, 7) is 9.46. The Morgan fingerprint density at radius 1 is 1.30 bits per heavy atom. The number of amides is 1. The van der Waals surface area contributed by atoms with Crippen molar-refractivity contribution in [1.29, 1.82) is 0 Å². The van der Waals surface area contributed by atoms with Crippen molar-refractivity contribution < 1.29 is 13.6 Å². The van der Waals surface area contributed by atoms with E-state index in [-0.39, 0.29) is 16.9 Å². The Morgan fingerprint density at radius 3 is 2.50 bits per heavy atom. The summed E-state index contributed by atoms with van der Waals surface area (Å²) >= 11 is 0. The van der Waals surface area contributed by atoms with Gasteiger partial charge in [-0.3, -0.25) is 4.79 Å². The number of allylic oxidation sites excluding steroid dienone is 1. The molecule has 1 N–H and O–H groups in total. The molecule has 0 bridgehead atoms. The van der Waals surface area contributed by atoms with E-state index >= 15 is 0 Å². The van der Waals surface area contributed by atoms with Crippen LogP contribution in [0.2, 0.25) is 0 Å². The van der Waals surface area contributed by atoms with E-state index in [9.17, 15) is 13.6 Å². The predicted octanol–water partition coefficient (Wildman–Crippen LogP) is 3.77. The maximum atomic E-state index is 14.0. The molecule has 108 valence electrons. The topological polar surface area (TPSA) is 29.1 Å². The van der Waals surface area contributed by atoms with E-state index in [2.05, 4.69) is 11.9 Å². The summed E-state index contributed by atoms with van der Waals surface area (Å²) in [5.41, 5.74) is 1.14. The smallest absolute Gasteiger partial charge is 0.231 e. The van der Waals surface area contributed by atoms with Crippen molar-refractivity contribution in [2.24, 2.45) is 0 Å². The molecular formula is C16H19F2NO. The van der Waals surface area contributed by atoms with E-state index < -0.39 is 17.6 Å². The maximum Gasteiger partial charge on any atom is 0.231 e. The van der Waals surface area contributed by atoms with Gasteiger partial charge in [-0.1, -0.05) is 33.4 Å². The van der Waals surface area contributed by atoms with Crippen LogP contribution in [0.4, 0.5) is 8.78 Å². The minimum absolute atomic E-state index is 0.139. The zero-order valence-corrected chi connectivity index (χ0v) is 12.0. The molecule has 0 aromatic heterocycles. The monoisotopic (exact) mass is 279 g/mol. The molecule has 2 nitrogen and oxygen atoms in total. The first-order valence-corrected chi connectivity index (χ1v) is 6.68. The molecule has 1 atom stereocenters. The Kier molecular flexibility index (Phi) is 3.67. The number of piperidine rings is 1. The van der Waals surface area contributed by atoms with Crippen LogP contribution >= 0.6 is 0 Å². The summed E-state index contributed by atoms with van der Waals surface area (Å²) in [5, 5.41) is 2.61. The zero-order valence-electron chi connectivity index (χ0n) is 12.0. The van der Waals surface area contributed by atoms with Crippen LogP contribution in [0.25, 0.3) is 0 Å². The van der Waals surface area contributed by atoms with Crippen molar-refractivity contribution in [2.45, 2.75) is 44.9 Å².